The van der Waals surface area contributed by atoms with Gasteiger partial charge in [-0.3, -0.25) is 9.59 Å². The van der Waals surface area contributed by atoms with Crippen LogP contribution in [0, 0.1) is 6.42 Å². The number of carbonyl (C=O) groups excluding carboxylic acids is 2. The lowest BCUT2D eigenvalue weighted by molar-refractivity contribution is -0.123. The molecule has 4 rings (SSSR count). The summed E-state index contributed by atoms with van der Waals surface area (Å²) in [5, 5.41) is 6.19. The Balaban J connectivity index is 1.19. The summed E-state index contributed by atoms with van der Waals surface area (Å²) < 4.78 is 0. The number of rotatable bonds is 8. The molecule has 0 saturated carbocycles. The first-order valence-electron chi connectivity index (χ1n) is 10.3. The average Bonchev–Trinajstić information content (AvgIpc) is 3.10. The van der Waals surface area contributed by atoms with Crippen LogP contribution in [0.2, 0.25) is 0 Å². The lowest BCUT2D eigenvalue weighted by atomic mass is 10.1. The number of H-pyrrole nitrogens is 1. The Kier molecular flexibility index (Phi) is 6.27. The number of aromatic nitrogens is 2. The summed E-state index contributed by atoms with van der Waals surface area (Å²) in [6.45, 7) is 1.37. The minimum atomic E-state index is -0.148. The predicted molar refractivity (Wildman–Crippen MR) is 117 cm³/mol. The van der Waals surface area contributed by atoms with Crippen molar-refractivity contribution in [3.8, 4) is 0 Å². The van der Waals surface area contributed by atoms with Gasteiger partial charge < -0.3 is 20.5 Å². The lowest BCUT2D eigenvalue weighted by Crippen LogP contribution is -2.41. The van der Waals surface area contributed by atoms with Crippen molar-refractivity contribution in [1.82, 2.24) is 15.3 Å². The number of unbranched alkanes of at least 4 members (excludes halogenated alkanes) is 1. The summed E-state index contributed by atoms with van der Waals surface area (Å²) in [4.78, 5) is 34.1. The molecule has 1 aliphatic heterocycles. The molecule has 30 heavy (non-hydrogen) atoms. The van der Waals surface area contributed by atoms with Crippen molar-refractivity contribution in [1.29, 1.82) is 0 Å². The SMILES string of the molecule is O=C(CN1C(=O)CC[C]c2ccccc21)NCCCCNc1nc2ccccc2[nH]1. The smallest absolute Gasteiger partial charge is 0.240 e. The number of para-hydroxylation sites is 3. The molecule has 7 nitrogen and oxygen atoms in total. The van der Waals surface area contributed by atoms with Gasteiger partial charge >= 0.3 is 0 Å². The Morgan fingerprint density at radius 1 is 1.10 bits per heavy atom. The monoisotopic (exact) mass is 403 g/mol. The molecular weight excluding hydrogens is 378 g/mol. The largest absolute Gasteiger partial charge is 0.356 e. The Morgan fingerprint density at radius 3 is 2.80 bits per heavy atom. The van der Waals surface area contributed by atoms with Crippen LogP contribution in [0.3, 0.4) is 0 Å². The molecule has 2 radical (unpaired) electrons. The van der Waals surface area contributed by atoms with Gasteiger partial charge in [0.1, 0.15) is 6.54 Å². The third-order valence-corrected chi connectivity index (χ3v) is 5.06. The molecule has 0 unspecified atom stereocenters. The highest BCUT2D eigenvalue weighted by Crippen LogP contribution is 2.27. The second-order valence-electron chi connectivity index (χ2n) is 7.26. The molecule has 2 aromatic carbocycles. The fraction of sp³-hybridized carbons (Fsp3) is 0.304. The fourth-order valence-electron chi connectivity index (χ4n) is 3.53. The molecule has 0 spiro atoms. The van der Waals surface area contributed by atoms with Crippen molar-refractivity contribution in [2.75, 3.05) is 29.9 Å². The zero-order valence-electron chi connectivity index (χ0n) is 16.8. The Hall–Kier alpha value is -3.35. The molecular formula is C23H25N5O2. The van der Waals surface area contributed by atoms with Crippen LogP contribution in [0.1, 0.15) is 31.2 Å². The van der Waals surface area contributed by atoms with Crippen LogP contribution in [-0.4, -0.2) is 41.4 Å². The second-order valence-corrected chi connectivity index (χ2v) is 7.26. The van der Waals surface area contributed by atoms with E-state index in [1.807, 2.05) is 48.5 Å². The summed E-state index contributed by atoms with van der Waals surface area (Å²) in [5.41, 5.74) is 3.58. The summed E-state index contributed by atoms with van der Waals surface area (Å²) in [6, 6.07) is 15.5. The number of nitrogens with zero attached hydrogens (tertiary/aromatic N) is 2. The fourth-order valence-corrected chi connectivity index (χ4v) is 3.53. The van der Waals surface area contributed by atoms with Gasteiger partial charge in [-0.1, -0.05) is 30.3 Å². The van der Waals surface area contributed by atoms with Gasteiger partial charge in [0.2, 0.25) is 17.8 Å². The van der Waals surface area contributed by atoms with Crippen LogP contribution in [-0.2, 0) is 9.59 Å². The van der Waals surface area contributed by atoms with E-state index in [2.05, 4.69) is 27.0 Å². The third kappa shape index (κ3) is 4.79. The van der Waals surface area contributed by atoms with Crippen molar-refractivity contribution in [3.63, 3.8) is 0 Å². The maximum Gasteiger partial charge on any atom is 0.240 e. The van der Waals surface area contributed by atoms with E-state index < -0.39 is 0 Å². The Labute approximate surface area is 175 Å². The Morgan fingerprint density at radius 2 is 1.90 bits per heavy atom. The van der Waals surface area contributed by atoms with E-state index in [0.717, 1.165) is 47.6 Å². The topological polar surface area (TPSA) is 90.1 Å². The number of hydrogen-bond acceptors (Lipinski definition) is 4. The number of imidazole rings is 1. The standard InChI is InChI=1S/C23H25N5O2/c29-21(16-28-20-12-4-1-8-17(20)9-7-13-22(28)30)24-14-5-6-15-25-23-26-18-10-2-3-11-19(18)27-23/h1-4,8,10-12H,5-7,13-16H2,(H,24,29)(H2,25,26,27). The Bertz CT molecular complexity index is 996. The third-order valence-electron chi connectivity index (χ3n) is 5.06. The summed E-state index contributed by atoms with van der Waals surface area (Å²) in [7, 11) is 0. The molecule has 0 bridgehead atoms. The van der Waals surface area contributed by atoms with Gasteiger partial charge in [-0.15, -0.1) is 0 Å². The number of fused-ring (bicyclic) bond motifs is 2. The normalized spacial score (nSPS) is 13.7. The summed E-state index contributed by atoms with van der Waals surface area (Å²) in [6.07, 6.45) is 5.92. The molecule has 3 N–H and O–H groups in total. The van der Waals surface area contributed by atoms with Crippen molar-refractivity contribution in [2.45, 2.75) is 25.7 Å². The summed E-state index contributed by atoms with van der Waals surface area (Å²) >= 11 is 0. The van der Waals surface area contributed by atoms with Crippen molar-refractivity contribution < 1.29 is 9.59 Å². The molecule has 2 heterocycles. The number of nitrogens with one attached hydrogen (secondary N) is 3. The predicted octanol–water partition coefficient (Wildman–Crippen LogP) is 3.13. The van der Waals surface area contributed by atoms with Crippen LogP contribution in [0.15, 0.2) is 48.5 Å². The van der Waals surface area contributed by atoms with Gasteiger partial charge in [0.25, 0.3) is 0 Å². The highest BCUT2D eigenvalue weighted by molar-refractivity contribution is 6.00. The first-order valence-corrected chi connectivity index (χ1v) is 10.3. The van der Waals surface area contributed by atoms with Gasteiger partial charge in [0.15, 0.2) is 0 Å². The minimum Gasteiger partial charge on any atom is -0.356 e. The van der Waals surface area contributed by atoms with Crippen LogP contribution in [0.4, 0.5) is 11.6 Å². The van der Waals surface area contributed by atoms with E-state index in [1.165, 1.54) is 0 Å². The first kappa shape index (κ1) is 19.9. The number of carbonyl (C=O) groups is 2. The molecule has 1 aliphatic rings. The molecule has 0 fully saturated rings. The maximum absolute atomic E-state index is 12.4. The number of aromatic amines is 1. The molecule has 7 heteroatoms. The minimum absolute atomic E-state index is 0.0365. The van der Waals surface area contributed by atoms with Crippen molar-refractivity contribution in [2.24, 2.45) is 0 Å². The van der Waals surface area contributed by atoms with E-state index in [4.69, 9.17) is 0 Å². The van der Waals surface area contributed by atoms with E-state index in [9.17, 15) is 9.59 Å². The van der Waals surface area contributed by atoms with Crippen LogP contribution in [0.5, 0.6) is 0 Å². The zero-order chi connectivity index (χ0) is 20.8. The van der Waals surface area contributed by atoms with Gasteiger partial charge in [-0.2, -0.15) is 0 Å². The highest BCUT2D eigenvalue weighted by Gasteiger charge is 2.24. The summed E-state index contributed by atoms with van der Waals surface area (Å²) in [5.74, 6) is 0.565. The molecule has 2 amide bonds. The number of hydrogen-bond donors (Lipinski definition) is 3. The van der Waals surface area contributed by atoms with E-state index >= 15 is 0 Å². The zero-order valence-corrected chi connectivity index (χ0v) is 16.8. The molecule has 3 aromatic rings. The van der Waals surface area contributed by atoms with Crippen LogP contribution in [0.25, 0.3) is 11.0 Å². The van der Waals surface area contributed by atoms with Gasteiger partial charge in [0, 0.05) is 31.6 Å². The van der Waals surface area contributed by atoms with Crippen molar-refractivity contribution in [3.05, 3.63) is 60.5 Å². The average molecular weight is 403 g/mol. The van der Waals surface area contributed by atoms with Crippen LogP contribution >= 0.6 is 0 Å². The van der Waals surface area contributed by atoms with Gasteiger partial charge in [0.05, 0.1) is 11.0 Å². The van der Waals surface area contributed by atoms with E-state index in [1.54, 1.807) is 4.90 Å². The number of anilines is 2. The van der Waals surface area contributed by atoms with Gasteiger partial charge in [-0.25, -0.2) is 4.98 Å². The number of amides is 2. The lowest BCUT2D eigenvalue weighted by Gasteiger charge is -2.22. The number of benzene rings is 2. The second kappa shape index (κ2) is 9.43. The maximum atomic E-state index is 12.4. The van der Waals surface area contributed by atoms with E-state index in [-0.39, 0.29) is 18.4 Å². The molecule has 0 atom stereocenters. The van der Waals surface area contributed by atoms with Crippen LogP contribution < -0.4 is 15.5 Å². The molecule has 0 aliphatic carbocycles. The van der Waals surface area contributed by atoms with Crippen molar-refractivity contribution >= 4 is 34.5 Å². The quantitative estimate of drug-likeness (QED) is 0.504. The first-order chi connectivity index (χ1) is 14.7. The molecule has 0 saturated heterocycles. The van der Waals surface area contributed by atoms with E-state index in [0.29, 0.717) is 19.4 Å². The molecule has 154 valence electrons. The van der Waals surface area contributed by atoms with Gasteiger partial charge in [-0.05, 0) is 43.0 Å². The highest BCUT2D eigenvalue weighted by atomic mass is 16.2. The molecule has 1 aromatic heterocycles.